The zero-order valence-corrected chi connectivity index (χ0v) is 11.3. The zero-order chi connectivity index (χ0) is 13.2. The molecule has 0 unspecified atom stereocenters. The Kier molecular flexibility index (Phi) is 3.23. The summed E-state index contributed by atoms with van der Waals surface area (Å²) in [6.45, 7) is 1.92. The predicted octanol–water partition coefficient (Wildman–Crippen LogP) is 3.13. The first kappa shape index (κ1) is 12.2. The quantitative estimate of drug-likeness (QED) is 0.767. The van der Waals surface area contributed by atoms with E-state index in [0.717, 1.165) is 26.8 Å². The van der Waals surface area contributed by atoms with Gasteiger partial charge in [0.15, 0.2) is 5.16 Å². The molecule has 0 spiro atoms. The second-order valence-corrected chi connectivity index (χ2v) is 5.43. The summed E-state index contributed by atoms with van der Waals surface area (Å²) in [6, 6.07) is 11.9. The van der Waals surface area contributed by atoms with E-state index < -0.39 is 0 Å². The number of pyridine rings is 1. The summed E-state index contributed by atoms with van der Waals surface area (Å²) in [4.78, 5) is 13.2. The van der Waals surface area contributed by atoms with Gasteiger partial charge < -0.3 is 10.7 Å². The van der Waals surface area contributed by atoms with Crippen LogP contribution in [0.2, 0.25) is 0 Å². The van der Waals surface area contributed by atoms with Crippen LogP contribution in [0.1, 0.15) is 18.7 Å². The highest BCUT2D eigenvalue weighted by Crippen LogP contribution is 2.26. The van der Waals surface area contributed by atoms with Crippen molar-refractivity contribution in [1.29, 1.82) is 0 Å². The lowest BCUT2D eigenvalue weighted by atomic mass is 10.2. The number of nitrogens with two attached hydrogens (primary N) is 1. The second-order valence-electron chi connectivity index (χ2n) is 4.37. The summed E-state index contributed by atoms with van der Waals surface area (Å²) in [6.07, 6.45) is 1.83. The number of nitrogens with zero attached hydrogens (tertiary/aromatic N) is 2. The Morgan fingerprint density at radius 3 is 2.74 bits per heavy atom. The van der Waals surface area contributed by atoms with Gasteiger partial charge in [-0.05, 0) is 31.2 Å². The first-order valence-corrected chi connectivity index (χ1v) is 6.88. The highest BCUT2D eigenvalue weighted by atomic mass is 32.2. The zero-order valence-electron chi connectivity index (χ0n) is 10.5. The lowest BCUT2D eigenvalue weighted by Crippen LogP contribution is -2.06. The maximum atomic E-state index is 5.78. The Bertz CT molecular complexity index is 655. The first-order chi connectivity index (χ1) is 9.22. The van der Waals surface area contributed by atoms with Crippen molar-refractivity contribution in [3.8, 4) is 0 Å². The number of aromatic amines is 1. The van der Waals surface area contributed by atoms with Crippen LogP contribution in [-0.2, 0) is 0 Å². The van der Waals surface area contributed by atoms with E-state index in [4.69, 9.17) is 5.73 Å². The topological polar surface area (TPSA) is 67.6 Å². The molecule has 5 heteroatoms. The van der Waals surface area contributed by atoms with Crippen LogP contribution >= 0.6 is 11.8 Å². The van der Waals surface area contributed by atoms with Gasteiger partial charge in [-0.25, -0.2) is 4.98 Å². The Morgan fingerprint density at radius 1 is 1.21 bits per heavy atom. The number of aromatic nitrogens is 3. The molecule has 0 fully saturated rings. The molecule has 0 amide bonds. The summed E-state index contributed by atoms with van der Waals surface area (Å²) < 4.78 is 0. The van der Waals surface area contributed by atoms with Crippen molar-refractivity contribution in [3.05, 3.63) is 48.3 Å². The number of imidazole rings is 1. The Hall–Kier alpha value is -1.85. The van der Waals surface area contributed by atoms with Crippen LogP contribution in [0.25, 0.3) is 11.0 Å². The molecule has 0 saturated carbocycles. The average Bonchev–Trinajstić information content (AvgIpc) is 2.81. The minimum atomic E-state index is -0.0368. The summed E-state index contributed by atoms with van der Waals surface area (Å²) in [5, 5.41) is 0.872. The fourth-order valence-electron chi connectivity index (χ4n) is 1.81. The van der Waals surface area contributed by atoms with Gasteiger partial charge in [-0.15, -0.1) is 0 Å². The van der Waals surface area contributed by atoms with Crippen LogP contribution in [0.4, 0.5) is 0 Å². The molecule has 2 aromatic heterocycles. The summed E-state index contributed by atoms with van der Waals surface area (Å²) in [7, 11) is 0. The van der Waals surface area contributed by atoms with E-state index in [1.54, 1.807) is 11.8 Å². The number of fused-ring (bicyclic) bond motifs is 1. The fraction of sp³-hybridized carbons (Fsp3) is 0.143. The molecule has 2 heterocycles. The molecule has 4 nitrogen and oxygen atoms in total. The van der Waals surface area contributed by atoms with Crippen molar-refractivity contribution in [2.45, 2.75) is 23.0 Å². The summed E-state index contributed by atoms with van der Waals surface area (Å²) >= 11 is 1.56. The largest absolute Gasteiger partial charge is 0.333 e. The standard InChI is InChI=1S/C14H14N4S/c1-9(15)11-7-6-10(8-16-11)19-14-17-12-4-2-3-5-13(12)18-14/h2-9H,15H2,1H3,(H,17,18)/t9-/m0/s1. The van der Waals surface area contributed by atoms with E-state index in [0.29, 0.717) is 0 Å². The third kappa shape index (κ3) is 2.62. The van der Waals surface area contributed by atoms with Gasteiger partial charge in [-0.1, -0.05) is 23.9 Å². The maximum absolute atomic E-state index is 5.78. The van der Waals surface area contributed by atoms with Crippen molar-refractivity contribution in [2.24, 2.45) is 5.73 Å². The molecule has 0 bridgehead atoms. The van der Waals surface area contributed by atoms with Crippen molar-refractivity contribution >= 4 is 22.8 Å². The third-order valence-corrected chi connectivity index (χ3v) is 3.67. The highest BCUT2D eigenvalue weighted by Gasteiger charge is 2.05. The van der Waals surface area contributed by atoms with Gasteiger partial charge in [0.25, 0.3) is 0 Å². The van der Waals surface area contributed by atoms with E-state index in [2.05, 4.69) is 15.0 Å². The number of para-hydroxylation sites is 2. The molecule has 1 atom stereocenters. The summed E-state index contributed by atoms with van der Waals surface area (Å²) in [5.74, 6) is 0. The minimum absolute atomic E-state index is 0.0368. The number of hydrogen-bond acceptors (Lipinski definition) is 4. The smallest absolute Gasteiger partial charge is 0.171 e. The molecule has 96 valence electrons. The monoisotopic (exact) mass is 270 g/mol. The van der Waals surface area contributed by atoms with Gasteiger partial charge in [0.1, 0.15) is 0 Å². The second kappa shape index (κ2) is 5.03. The molecule has 19 heavy (non-hydrogen) atoms. The highest BCUT2D eigenvalue weighted by molar-refractivity contribution is 7.99. The minimum Gasteiger partial charge on any atom is -0.333 e. The van der Waals surface area contributed by atoms with Gasteiger partial charge in [0.2, 0.25) is 0 Å². The van der Waals surface area contributed by atoms with Crippen LogP contribution in [-0.4, -0.2) is 15.0 Å². The van der Waals surface area contributed by atoms with E-state index in [1.807, 2.05) is 49.5 Å². The Balaban J connectivity index is 1.84. The molecule has 0 radical (unpaired) electrons. The van der Waals surface area contributed by atoms with Gasteiger partial charge >= 0.3 is 0 Å². The van der Waals surface area contributed by atoms with Crippen LogP contribution in [0.3, 0.4) is 0 Å². The third-order valence-electron chi connectivity index (χ3n) is 2.81. The molecule has 0 aliphatic heterocycles. The lowest BCUT2D eigenvalue weighted by Gasteiger charge is -2.04. The van der Waals surface area contributed by atoms with Crippen LogP contribution in [0.15, 0.2) is 52.6 Å². The molecule has 0 aliphatic rings. The van der Waals surface area contributed by atoms with E-state index in [9.17, 15) is 0 Å². The normalized spacial score (nSPS) is 12.7. The van der Waals surface area contributed by atoms with Crippen LogP contribution in [0.5, 0.6) is 0 Å². The van der Waals surface area contributed by atoms with Gasteiger partial charge in [-0.2, -0.15) is 0 Å². The molecule has 0 aliphatic carbocycles. The summed E-state index contributed by atoms with van der Waals surface area (Å²) in [5.41, 5.74) is 8.70. The van der Waals surface area contributed by atoms with Crippen LogP contribution in [0, 0.1) is 0 Å². The fourth-order valence-corrected chi connectivity index (χ4v) is 2.58. The Morgan fingerprint density at radius 2 is 2.05 bits per heavy atom. The predicted molar refractivity (Wildman–Crippen MR) is 77.1 cm³/mol. The molecule has 3 rings (SSSR count). The first-order valence-electron chi connectivity index (χ1n) is 6.06. The van der Waals surface area contributed by atoms with Gasteiger partial charge in [0.05, 0.1) is 16.7 Å². The molecular formula is C14H14N4S. The number of rotatable bonds is 3. The number of hydrogen-bond donors (Lipinski definition) is 2. The van der Waals surface area contributed by atoms with Gasteiger partial charge in [-0.3, -0.25) is 4.98 Å². The molecule has 3 N–H and O–H groups in total. The lowest BCUT2D eigenvalue weighted by molar-refractivity contribution is 0.777. The van der Waals surface area contributed by atoms with Crippen molar-refractivity contribution in [3.63, 3.8) is 0 Å². The number of benzene rings is 1. The van der Waals surface area contributed by atoms with E-state index >= 15 is 0 Å². The SMILES string of the molecule is C[C@H](N)c1ccc(Sc2nc3ccccc3[nH]2)cn1. The van der Waals surface area contributed by atoms with E-state index in [-0.39, 0.29) is 6.04 Å². The maximum Gasteiger partial charge on any atom is 0.171 e. The number of nitrogens with one attached hydrogen (secondary N) is 1. The van der Waals surface area contributed by atoms with Crippen molar-refractivity contribution in [2.75, 3.05) is 0 Å². The van der Waals surface area contributed by atoms with Crippen molar-refractivity contribution in [1.82, 2.24) is 15.0 Å². The Labute approximate surface area is 115 Å². The average molecular weight is 270 g/mol. The molecular weight excluding hydrogens is 256 g/mol. The molecule has 1 aromatic carbocycles. The van der Waals surface area contributed by atoms with Crippen molar-refractivity contribution < 1.29 is 0 Å². The van der Waals surface area contributed by atoms with Crippen LogP contribution < -0.4 is 5.73 Å². The van der Waals surface area contributed by atoms with E-state index in [1.165, 1.54) is 0 Å². The molecule has 0 saturated heterocycles. The van der Waals surface area contributed by atoms with Gasteiger partial charge in [0, 0.05) is 17.1 Å². The molecule has 3 aromatic rings. The number of H-pyrrole nitrogens is 1.